The Hall–Kier alpha value is -2.62. The lowest BCUT2D eigenvalue weighted by Gasteiger charge is -2.31. The molecule has 29 heavy (non-hydrogen) atoms. The topological polar surface area (TPSA) is 49.4 Å². The van der Waals surface area contributed by atoms with Gasteiger partial charge in [0.1, 0.15) is 6.04 Å². The minimum Gasteiger partial charge on any atom is -0.352 e. The minimum absolute atomic E-state index is 0.0225. The van der Waals surface area contributed by atoms with Crippen molar-refractivity contribution >= 4 is 11.8 Å². The van der Waals surface area contributed by atoms with Gasteiger partial charge in [-0.25, -0.2) is 0 Å². The van der Waals surface area contributed by atoms with Crippen LogP contribution in [0.3, 0.4) is 0 Å². The molecular weight excluding hydrogens is 360 g/mol. The number of nitrogens with one attached hydrogen (secondary N) is 1. The zero-order valence-corrected chi connectivity index (χ0v) is 17.6. The smallest absolute Gasteiger partial charge is 0.242 e. The van der Waals surface area contributed by atoms with E-state index in [1.165, 1.54) is 19.3 Å². The van der Waals surface area contributed by atoms with Crippen LogP contribution in [0.4, 0.5) is 0 Å². The maximum atomic E-state index is 13.2. The standard InChI is InChI=1S/C25H32N2O2/c1-19-10-9-13-22(16-19)17-24(28)27(18-21-11-5-3-6-12-21)20(2)25(29)26-23-14-7-4-8-15-23/h3,5-6,9-13,16,20,23H,4,7-8,14-15,17-18H2,1-2H3,(H,26,29)/t20-/m1/s1. The Balaban J connectivity index is 1.73. The molecule has 1 aliphatic rings. The number of carbonyl (C=O) groups excluding carboxylic acids is 2. The van der Waals surface area contributed by atoms with E-state index in [9.17, 15) is 9.59 Å². The number of carbonyl (C=O) groups is 2. The van der Waals surface area contributed by atoms with E-state index in [1.807, 2.05) is 68.4 Å². The summed E-state index contributed by atoms with van der Waals surface area (Å²) in [6, 6.07) is 17.6. The molecule has 154 valence electrons. The van der Waals surface area contributed by atoms with Crippen LogP contribution in [0, 0.1) is 6.92 Å². The van der Waals surface area contributed by atoms with Crippen molar-refractivity contribution in [3.8, 4) is 0 Å². The third-order valence-electron chi connectivity index (χ3n) is 5.75. The van der Waals surface area contributed by atoms with Crippen molar-refractivity contribution in [1.29, 1.82) is 0 Å². The monoisotopic (exact) mass is 392 g/mol. The van der Waals surface area contributed by atoms with Crippen LogP contribution in [0.15, 0.2) is 54.6 Å². The lowest BCUT2D eigenvalue weighted by atomic mass is 9.95. The van der Waals surface area contributed by atoms with Gasteiger partial charge in [-0.1, -0.05) is 79.4 Å². The fourth-order valence-corrected chi connectivity index (χ4v) is 4.03. The molecule has 1 aliphatic carbocycles. The molecule has 1 saturated carbocycles. The van der Waals surface area contributed by atoms with Crippen molar-refractivity contribution in [2.45, 2.75) is 71.0 Å². The quantitative estimate of drug-likeness (QED) is 0.759. The molecule has 0 bridgehead atoms. The van der Waals surface area contributed by atoms with Crippen LogP contribution in [0.5, 0.6) is 0 Å². The van der Waals surface area contributed by atoms with Crippen molar-refractivity contribution in [1.82, 2.24) is 10.2 Å². The van der Waals surface area contributed by atoms with Gasteiger partial charge in [-0.2, -0.15) is 0 Å². The lowest BCUT2D eigenvalue weighted by Crippen LogP contribution is -2.50. The van der Waals surface area contributed by atoms with Crippen molar-refractivity contribution < 1.29 is 9.59 Å². The van der Waals surface area contributed by atoms with Crippen LogP contribution in [0.2, 0.25) is 0 Å². The molecule has 0 spiro atoms. The van der Waals surface area contributed by atoms with Crippen molar-refractivity contribution in [2.24, 2.45) is 0 Å². The number of rotatable bonds is 7. The largest absolute Gasteiger partial charge is 0.352 e. The highest BCUT2D eigenvalue weighted by molar-refractivity contribution is 5.88. The normalized spacial score (nSPS) is 15.5. The first-order valence-electron chi connectivity index (χ1n) is 10.7. The SMILES string of the molecule is Cc1cccc(CC(=O)N(Cc2ccccc2)[C@H](C)C(=O)NC2CCCCC2)c1. The van der Waals surface area contributed by atoms with Crippen molar-refractivity contribution in [3.63, 3.8) is 0 Å². The molecule has 1 fully saturated rings. The Kier molecular flexibility index (Phi) is 7.45. The second-order valence-corrected chi connectivity index (χ2v) is 8.19. The molecule has 0 aliphatic heterocycles. The highest BCUT2D eigenvalue weighted by Crippen LogP contribution is 2.18. The molecule has 3 rings (SSSR count). The summed E-state index contributed by atoms with van der Waals surface area (Å²) >= 11 is 0. The predicted molar refractivity (Wildman–Crippen MR) is 116 cm³/mol. The summed E-state index contributed by atoms with van der Waals surface area (Å²) in [5, 5.41) is 3.18. The van der Waals surface area contributed by atoms with Crippen molar-refractivity contribution in [2.75, 3.05) is 0 Å². The van der Waals surface area contributed by atoms with E-state index in [4.69, 9.17) is 0 Å². The third kappa shape index (κ3) is 6.18. The highest BCUT2D eigenvalue weighted by atomic mass is 16.2. The molecule has 0 heterocycles. The third-order valence-corrected chi connectivity index (χ3v) is 5.75. The Bertz CT molecular complexity index is 813. The van der Waals surface area contributed by atoms with Crippen LogP contribution in [0.25, 0.3) is 0 Å². The molecule has 0 unspecified atom stereocenters. The molecule has 2 aromatic carbocycles. The zero-order valence-electron chi connectivity index (χ0n) is 17.6. The number of hydrogen-bond acceptors (Lipinski definition) is 2. The molecule has 1 atom stereocenters. The van der Waals surface area contributed by atoms with E-state index in [0.29, 0.717) is 13.0 Å². The maximum absolute atomic E-state index is 13.2. The Morgan fingerprint density at radius 3 is 2.38 bits per heavy atom. The molecule has 1 N–H and O–H groups in total. The van der Waals surface area contributed by atoms with Crippen LogP contribution in [0.1, 0.15) is 55.7 Å². The molecule has 0 radical (unpaired) electrons. The molecule has 0 saturated heterocycles. The number of amides is 2. The maximum Gasteiger partial charge on any atom is 0.242 e. The molecule has 2 amide bonds. The summed E-state index contributed by atoms with van der Waals surface area (Å²) in [4.78, 5) is 27.9. The van der Waals surface area contributed by atoms with Crippen LogP contribution in [-0.2, 0) is 22.6 Å². The summed E-state index contributed by atoms with van der Waals surface area (Å²) in [5.41, 5.74) is 3.14. The van der Waals surface area contributed by atoms with Gasteiger partial charge < -0.3 is 10.2 Å². The molecular formula is C25H32N2O2. The van der Waals surface area contributed by atoms with Gasteiger partial charge >= 0.3 is 0 Å². The number of aryl methyl sites for hydroxylation is 1. The summed E-state index contributed by atoms with van der Waals surface area (Å²) in [6.07, 6.45) is 5.95. The lowest BCUT2D eigenvalue weighted by molar-refractivity contribution is -0.140. The zero-order chi connectivity index (χ0) is 20.6. The van der Waals surface area contributed by atoms with Gasteiger partial charge in [0, 0.05) is 12.6 Å². The van der Waals surface area contributed by atoms with Crippen LogP contribution in [-0.4, -0.2) is 28.8 Å². The highest BCUT2D eigenvalue weighted by Gasteiger charge is 2.28. The summed E-state index contributed by atoms with van der Waals surface area (Å²) in [5.74, 6) is -0.0730. The fraction of sp³-hybridized carbons (Fsp3) is 0.440. The first kappa shape index (κ1) is 21.1. The Morgan fingerprint density at radius 2 is 1.69 bits per heavy atom. The van der Waals surface area contributed by atoms with Gasteiger partial charge in [0.2, 0.25) is 11.8 Å². The average Bonchev–Trinajstić information content (AvgIpc) is 2.73. The second-order valence-electron chi connectivity index (χ2n) is 8.19. The van der Waals surface area contributed by atoms with Gasteiger partial charge in [0.15, 0.2) is 0 Å². The van der Waals surface area contributed by atoms with E-state index in [0.717, 1.165) is 29.5 Å². The van der Waals surface area contributed by atoms with Gasteiger partial charge in [-0.3, -0.25) is 9.59 Å². The average molecular weight is 393 g/mol. The van der Waals surface area contributed by atoms with Gasteiger partial charge in [-0.05, 0) is 37.8 Å². The molecule has 4 heteroatoms. The minimum atomic E-state index is -0.505. The Labute approximate surface area is 174 Å². The molecule has 4 nitrogen and oxygen atoms in total. The van der Waals surface area contributed by atoms with E-state index in [2.05, 4.69) is 5.32 Å². The van der Waals surface area contributed by atoms with Gasteiger partial charge in [0.25, 0.3) is 0 Å². The van der Waals surface area contributed by atoms with E-state index in [-0.39, 0.29) is 17.9 Å². The second kappa shape index (κ2) is 10.2. The predicted octanol–water partition coefficient (Wildman–Crippen LogP) is 4.40. The summed E-state index contributed by atoms with van der Waals surface area (Å²) in [7, 11) is 0. The fourth-order valence-electron chi connectivity index (χ4n) is 4.03. The van der Waals surface area contributed by atoms with E-state index >= 15 is 0 Å². The van der Waals surface area contributed by atoms with E-state index < -0.39 is 6.04 Å². The number of nitrogens with zero attached hydrogens (tertiary/aromatic N) is 1. The molecule has 0 aromatic heterocycles. The van der Waals surface area contributed by atoms with Crippen LogP contribution >= 0.6 is 0 Å². The van der Waals surface area contributed by atoms with Gasteiger partial charge in [-0.15, -0.1) is 0 Å². The summed E-state index contributed by atoms with van der Waals surface area (Å²) in [6.45, 7) is 4.30. The first-order valence-corrected chi connectivity index (χ1v) is 10.7. The van der Waals surface area contributed by atoms with Crippen LogP contribution < -0.4 is 5.32 Å². The Morgan fingerprint density at radius 1 is 1.00 bits per heavy atom. The van der Waals surface area contributed by atoms with Gasteiger partial charge in [0.05, 0.1) is 6.42 Å². The van der Waals surface area contributed by atoms with E-state index in [1.54, 1.807) is 4.90 Å². The number of benzene rings is 2. The first-order chi connectivity index (χ1) is 14.0. The van der Waals surface area contributed by atoms with Crippen molar-refractivity contribution in [3.05, 3.63) is 71.3 Å². The summed E-state index contributed by atoms with van der Waals surface area (Å²) < 4.78 is 0. The number of hydrogen-bond donors (Lipinski definition) is 1. The molecule has 2 aromatic rings.